The first-order valence-corrected chi connectivity index (χ1v) is 16.4. The molecule has 44 heavy (non-hydrogen) atoms. The van der Waals surface area contributed by atoms with Crippen molar-refractivity contribution in [2.45, 2.75) is 58.0 Å². The maximum atomic E-state index is 14.5. The highest BCUT2D eigenvalue weighted by Gasteiger charge is 2.35. The molecule has 0 unspecified atom stereocenters. The minimum atomic E-state index is -4.14. The summed E-state index contributed by atoms with van der Waals surface area (Å²) in [5, 5.41) is 2.98. The highest BCUT2D eigenvalue weighted by Crippen LogP contribution is 2.28. The van der Waals surface area contributed by atoms with Crippen molar-refractivity contribution in [2.75, 3.05) is 17.4 Å². The van der Waals surface area contributed by atoms with Gasteiger partial charge in [0.1, 0.15) is 12.6 Å². The molecule has 0 aliphatic rings. The smallest absolute Gasteiger partial charge is 0.264 e. The van der Waals surface area contributed by atoms with E-state index in [0.717, 1.165) is 28.7 Å². The van der Waals surface area contributed by atoms with Gasteiger partial charge in [0, 0.05) is 19.5 Å². The Hall–Kier alpha value is -4.43. The number of para-hydroxylation sites is 1. The first kappa shape index (κ1) is 32.5. The lowest BCUT2D eigenvalue weighted by molar-refractivity contribution is -0.140. The summed E-state index contributed by atoms with van der Waals surface area (Å²) in [5.74, 6) is -0.749. The number of hydrogen-bond donors (Lipinski definition) is 1. The Labute approximate surface area is 261 Å². The Morgan fingerprint density at radius 1 is 0.773 bits per heavy atom. The molecule has 4 rings (SSSR count). The van der Waals surface area contributed by atoms with Crippen molar-refractivity contribution in [3.63, 3.8) is 0 Å². The molecule has 0 bridgehead atoms. The zero-order chi connectivity index (χ0) is 31.7. The molecule has 7 nitrogen and oxygen atoms in total. The summed E-state index contributed by atoms with van der Waals surface area (Å²) < 4.78 is 29.5. The van der Waals surface area contributed by atoms with Crippen LogP contribution in [0.3, 0.4) is 0 Å². The second kappa shape index (κ2) is 14.8. The lowest BCUT2D eigenvalue weighted by Gasteiger charge is -2.34. The second-order valence-electron chi connectivity index (χ2n) is 11.1. The van der Waals surface area contributed by atoms with Crippen molar-refractivity contribution < 1.29 is 18.0 Å². The number of carbonyl (C=O) groups excluding carboxylic acids is 2. The molecule has 1 atom stereocenters. The predicted octanol–water partition coefficient (Wildman–Crippen LogP) is 5.97. The van der Waals surface area contributed by atoms with Crippen LogP contribution < -0.4 is 9.62 Å². The third kappa shape index (κ3) is 7.94. The molecule has 4 aromatic carbocycles. The molecule has 1 N–H and O–H groups in total. The Balaban J connectivity index is 1.81. The molecule has 0 heterocycles. The topological polar surface area (TPSA) is 86.8 Å². The number of carbonyl (C=O) groups is 2. The van der Waals surface area contributed by atoms with Gasteiger partial charge in [0.25, 0.3) is 10.0 Å². The van der Waals surface area contributed by atoms with Gasteiger partial charge < -0.3 is 10.2 Å². The zero-order valence-electron chi connectivity index (χ0n) is 25.9. The summed E-state index contributed by atoms with van der Waals surface area (Å²) in [6.45, 7) is 7.78. The molecular weight excluding hydrogens is 570 g/mol. The van der Waals surface area contributed by atoms with Gasteiger partial charge >= 0.3 is 0 Å². The van der Waals surface area contributed by atoms with Gasteiger partial charge in [0.05, 0.1) is 10.6 Å². The average Bonchev–Trinajstić information content (AvgIpc) is 3.02. The molecule has 0 radical (unpaired) electrons. The Kier molecular flexibility index (Phi) is 11.0. The quantitative estimate of drug-likeness (QED) is 0.202. The Morgan fingerprint density at radius 3 is 2.02 bits per heavy atom. The van der Waals surface area contributed by atoms with Crippen molar-refractivity contribution in [3.8, 4) is 0 Å². The van der Waals surface area contributed by atoms with Crippen LogP contribution in [0.4, 0.5) is 5.69 Å². The van der Waals surface area contributed by atoms with E-state index in [0.29, 0.717) is 17.8 Å². The molecule has 2 amide bonds. The Bertz CT molecular complexity index is 1670. The molecule has 0 aromatic heterocycles. The van der Waals surface area contributed by atoms with Crippen molar-refractivity contribution in [2.24, 2.45) is 0 Å². The highest BCUT2D eigenvalue weighted by molar-refractivity contribution is 7.92. The summed E-state index contributed by atoms with van der Waals surface area (Å²) in [7, 11) is -4.14. The van der Waals surface area contributed by atoms with Crippen LogP contribution in [0.25, 0.3) is 0 Å². The minimum Gasteiger partial charge on any atom is -0.354 e. The van der Waals surface area contributed by atoms with Crippen LogP contribution in [0.1, 0.15) is 41.2 Å². The van der Waals surface area contributed by atoms with Gasteiger partial charge in [-0.1, -0.05) is 97.4 Å². The first-order valence-electron chi connectivity index (χ1n) is 14.9. The van der Waals surface area contributed by atoms with Crippen LogP contribution in [-0.2, 0) is 32.6 Å². The van der Waals surface area contributed by atoms with E-state index in [1.54, 1.807) is 36.4 Å². The molecule has 0 aliphatic heterocycles. The zero-order valence-corrected chi connectivity index (χ0v) is 26.7. The Morgan fingerprint density at radius 2 is 1.39 bits per heavy atom. The van der Waals surface area contributed by atoms with Crippen molar-refractivity contribution in [3.05, 3.63) is 131 Å². The lowest BCUT2D eigenvalue weighted by Crippen LogP contribution is -2.53. The van der Waals surface area contributed by atoms with Gasteiger partial charge in [-0.15, -0.1) is 0 Å². The van der Waals surface area contributed by atoms with Crippen LogP contribution in [0, 0.1) is 20.8 Å². The van der Waals surface area contributed by atoms with Crippen molar-refractivity contribution >= 4 is 27.5 Å². The second-order valence-corrected chi connectivity index (χ2v) is 12.9. The average molecular weight is 612 g/mol. The van der Waals surface area contributed by atoms with Crippen LogP contribution in [-0.4, -0.2) is 44.3 Å². The van der Waals surface area contributed by atoms with Gasteiger partial charge in [0.2, 0.25) is 11.8 Å². The third-order valence-electron chi connectivity index (χ3n) is 7.69. The number of amides is 2. The van der Waals surface area contributed by atoms with Gasteiger partial charge in [-0.05, 0) is 67.6 Å². The van der Waals surface area contributed by atoms with E-state index in [2.05, 4.69) is 5.32 Å². The van der Waals surface area contributed by atoms with E-state index in [9.17, 15) is 18.0 Å². The lowest BCUT2D eigenvalue weighted by atomic mass is 10.0. The van der Waals surface area contributed by atoms with E-state index < -0.39 is 28.5 Å². The maximum absolute atomic E-state index is 14.5. The summed E-state index contributed by atoms with van der Waals surface area (Å²) in [6.07, 6.45) is 1.02. The molecule has 230 valence electrons. The standard InChI is InChI=1S/C36H41N3O4S/c1-5-23-37-36(41)34(24-30-15-7-6-8-16-30)38(25-31-17-11-9-13-28(31)3)35(40)26-39(33-18-12-10-14-29(33)4)44(42,43)32-21-19-27(2)20-22-32/h6-22,34H,5,23-26H2,1-4H3,(H,37,41)/t34-/m0/s1. The molecule has 0 fully saturated rings. The summed E-state index contributed by atoms with van der Waals surface area (Å²) in [4.78, 5) is 29.9. The number of rotatable bonds is 13. The molecule has 4 aromatic rings. The fraction of sp³-hybridized carbons (Fsp3) is 0.278. The van der Waals surface area contributed by atoms with Crippen LogP contribution in [0.2, 0.25) is 0 Å². The molecular formula is C36H41N3O4S. The molecule has 0 saturated heterocycles. The van der Waals surface area contributed by atoms with Gasteiger partial charge in [-0.25, -0.2) is 8.42 Å². The molecule has 0 saturated carbocycles. The largest absolute Gasteiger partial charge is 0.354 e. The van der Waals surface area contributed by atoms with E-state index in [1.165, 1.54) is 9.21 Å². The fourth-order valence-corrected chi connectivity index (χ4v) is 6.56. The first-order chi connectivity index (χ1) is 21.1. The number of benzene rings is 4. The van der Waals surface area contributed by atoms with Gasteiger partial charge in [-0.3, -0.25) is 13.9 Å². The van der Waals surface area contributed by atoms with E-state index in [1.807, 2.05) is 94.4 Å². The highest BCUT2D eigenvalue weighted by atomic mass is 32.2. The van der Waals surface area contributed by atoms with Gasteiger partial charge in [0.15, 0.2) is 0 Å². The molecule has 0 aliphatic carbocycles. The van der Waals surface area contributed by atoms with Crippen molar-refractivity contribution in [1.29, 1.82) is 0 Å². The minimum absolute atomic E-state index is 0.0890. The van der Waals surface area contributed by atoms with E-state index in [-0.39, 0.29) is 23.8 Å². The van der Waals surface area contributed by atoms with Gasteiger partial charge in [-0.2, -0.15) is 0 Å². The summed E-state index contributed by atoms with van der Waals surface area (Å²) in [5.41, 5.74) is 4.80. The van der Waals surface area contributed by atoms with Crippen LogP contribution in [0.5, 0.6) is 0 Å². The number of hydrogen-bond acceptors (Lipinski definition) is 4. The maximum Gasteiger partial charge on any atom is 0.264 e. The summed E-state index contributed by atoms with van der Waals surface area (Å²) >= 11 is 0. The van der Waals surface area contributed by atoms with E-state index in [4.69, 9.17) is 0 Å². The summed E-state index contributed by atoms with van der Waals surface area (Å²) in [6, 6.07) is 30.1. The monoisotopic (exact) mass is 611 g/mol. The number of sulfonamides is 1. The van der Waals surface area contributed by atoms with Crippen LogP contribution >= 0.6 is 0 Å². The predicted molar refractivity (Wildman–Crippen MR) is 176 cm³/mol. The number of nitrogens with one attached hydrogen (secondary N) is 1. The third-order valence-corrected chi connectivity index (χ3v) is 9.47. The molecule has 8 heteroatoms. The van der Waals surface area contributed by atoms with Crippen LogP contribution in [0.15, 0.2) is 108 Å². The normalized spacial score (nSPS) is 11.9. The van der Waals surface area contributed by atoms with Crippen molar-refractivity contribution in [1.82, 2.24) is 10.2 Å². The number of aryl methyl sites for hydroxylation is 3. The fourth-order valence-electron chi connectivity index (χ4n) is 5.09. The SMILES string of the molecule is CCCNC(=O)[C@H](Cc1ccccc1)N(Cc1ccccc1C)C(=O)CN(c1ccccc1C)S(=O)(=O)c1ccc(C)cc1. The van der Waals surface area contributed by atoms with E-state index >= 15 is 0 Å². The molecule has 0 spiro atoms. The number of nitrogens with zero attached hydrogens (tertiary/aromatic N) is 2. The number of anilines is 1.